The molecule has 0 bridgehead atoms. The Hall–Kier alpha value is -2.13. The molecule has 2 aliphatic heterocycles. The largest absolute Gasteiger partial charge is 0.352 e. The zero-order valence-electron chi connectivity index (χ0n) is 14.1. The molecule has 2 fully saturated rings. The van der Waals surface area contributed by atoms with Crippen molar-refractivity contribution in [1.82, 2.24) is 15.1 Å². The number of benzene rings is 1. The number of guanidine groups is 1. The third-order valence-corrected chi connectivity index (χ3v) is 4.95. The van der Waals surface area contributed by atoms with Gasteiger partial charge in [-0.2, -0.15) is 5.26 Å². The maximum Gasteiger partial charge on any atom is 0.193 e. The molecule has 1 unspecified atom stereocenters. The fourth-order valence-corrected chi connectivity index (χ4v) is 3.61. The van der Waals surface area contributed by atoms with Crippen molar-refractivity contribution in [2.75, 3.05) is 33.2 Å². The van der Waals surface area contributed by atoms with Crippen LogP contribution in [-0.2, 0) is 6.54 Å². The van der Waals surface area contributed by atoms with Crippen LogP contribution in [0.25, 0.3) is 0 Å². The summed E-state index contributed by atoms with van der Waals surface area (Å²) in [7, 11) is 1.76. The van der Waals surface area contributed by atoms with Gasteiger partial charge in [-0.3, -0.25) is 9.89 Å². The van der Waals surface area contributed by atoms with Crippen LogP contribution in [-0.4, -0.2) is 55.0 Å². The summed E-state index contributed by atoms with van der Waals surface area (Å²) in [5.41, 5.74) is 0.888. The van der Waals surface area contributed by atoms with Crippen molar-refractivity contribution >= 4 is 5.96 Å². The number of nitrogens with zero attached hydrogens (tertiary/aromatic N) is 4. The van der Waals surface area contributed by atoms with Gasteiger partial charge >= 0.3 is 0 Å². The second-order valence-electron chi connectivity index (χ2n) is 6.45. The number of aliphatic imine (C=N–C) groups is 1. The highest BCUT2D eigenvalue weighted by Gasteiger charge is 2.30. The average Bonchev–Trinajstić information content (AvgIpc) is 3.27. The number of likely N-dealkylation sites (tertiary alicyclic amines) is 2. The van der Waals surface area contributed by atoms with E-state index >= 15 is 0 Å². The van der Waals surface area contributed by atoms with Crippen LogP contribution in [0.5, 0.6) is 0 Å². The molecule has 3 rings (SSSR count). The highest BCUT2D eigenvalue weighted by molar-refractivity contribution is 5.80. The quantitative estimate of drug-likeness (QED) is 0.680. The smallest absolute Gasteiger partial charge is 0.193 e. The molecule has 1 atom stereocenters. The minimum atomic E-state index is -0.353. The Labute approximate surface area is 142 Å². The van der Waals surface area contributed by atoms with Crippen LogP contribution < -0.4 is 5.32 Å². The first-order valence-electron chi connectivity index (χ1n) is 8.59. The Morgan fingerprint density at radius 2 is 2.17 bits per heavy atom. The topological polar surface area (TPSA) is 54.7 Å². The molecule has 2 aliphatic rings. The predicted octanol–water partition coefficient (Wildman–Crippen LogP) is 1.94. The van der Waals surface area contributed by atoms with Gasteiger partial charge < -0.3 is 10.2 Å². The van der Waals surface area contributed by atoms with E-state index in [1.54, 1.807) is 19.2 Å². The van der Waals surface area contributed by atoms with Crippen molar-refractivity contribution in [3.63, 3.8) is 0 Å². The van der Waals surface area contributed by atoms with Crippen molar-refractivity contribution in [1.29, 1.82) is 5.26 Å². The molecular weight excluding hydrogens is 305 g/mol. The van der Waals surface area contributed by atoms with Crippen molar-refractivity contribution in [2.45, 2.75) is 31.8 Å². The fraction of sp³-hybridized carbons (Fsp3) is 0.556. The Bertz CT molecular complexity index is 645. The van der Waals surface area contributed by atoms with Gasteiger partial charge in [0.1, 0.15) is 5.82 Å². The second kappa shape index (κ2) is 7.63. The van der Waals surface area contributed by atoms with Gasteiger partial charge in [0.15, 0.2) is 5.96 Å². The molecule has 1 aromatic rings. The molecule has 0 spiro atoms. The average molecular weight is 329 g/mol. The first-order chi connectivity index (χ1) is 11.7. The van der Waals surface area contributed by atoms with Crippen LogP contribution in [0.2, 0.25) is 0 Å². The number of hydrogen-bond acceptors (Lipinski definition) is 3. The van der Waals surface area contributed by atoms with Gasteiger partial charge in [-0.25, -0.2) is 4.39 Å². The van der Waals surface area contributed by atoms with Gasteiger partial charge in [0.25, 0.3) is 0 Å². The van der Waals surface area contributed by atoms with Crippen LogP contribution >= 0.6 is 0 Å². The Morgan fingerprint density at radius 1 is 1.38 bits per heavy atom. The molecule has 5 nitrogen and oxygen atoms in total. The molecule has 0 saturated carbocycles. The zero-order chi connectivity index (χ0) is 16.9. The normalized spacial score (nSPS) is 22.0. The molecule has 0 aromatic heterocycles. The van der Waals surface area contributed by atoms with Crippen LogP contribution in [0, 0.1) is 17.1 Å². The minimum absolute atomic E-state index is 0.341. The Balaban J connectivity index is 1.57. The molecule has 1 N–H and O–H groups in total. The number of nitrogens with one attached hydrogen (secondary N) is 1. The first kappa shape index (κ1) is 16.7. The summed E-state index contributed by atoms with van der Waals surface area (Å²) in [6.07, 6.45) is 3.77. The van der Waals surface area contributed by atoms with E-state index in [0.717, 1.165) is 25.5 Å². The molecule has 0 amide bonds. The van der Waals surface area contributed by atoms with E-state index in [1.165, 1.54) is 32.0 Å². The van der Waals surface area contributed by atoms with Crippen LogP contribution in [0.1, 0.15) is 30.4 Å². The summed E-state index contributed by atoms with van der Waals surface area (Å²) in [4.78, 5) is 9.18. The fourth-order valence-electron chi connectivity index (χ4n) is 3.61. The van der Waals surface area contributed by atoms with Gasteiger partial charge in [-0.15, -0.1) is 0 Å². The summed E-state index contributed by atoms with van der Waals surface area (Å²) < 4.78 is 14.0. The van der Waals surface area contributed by atoms with E-state index in [2.05, 4.69) is 20.1 Å². The van der Waals surface area contributed by atoms with Gasteiger partial charge in [0, 0.05) is 38.3 Å². The van der Waals surface area contributed by atoms with Gasteiger partial charge in [0.05, 0.1) is 11.6 Å². The third kappa shape index (κ3) is 3.68. The lowest BCUT2D eigenvalue weighted by Crippen LogP contribution is -2.42. The lowest BCUT2D eigenvalue weighted by atomic mass is 10.1. The minimum Gasteiger partial charge on any atom is -0.352 e. The summed E-state index contributed by atoms with van der Waals surface area (Å²) in [5.74, 6) is 0.467. The molecule has 2 heterocycles. The molecule has 6 heteroatoms. The Morgan fingerprint density at radius 3 is 2.83 bits per heavy atom. The van der Waals surface area contributed by atoms with E-state index < -0.39 is 0 Å². The monoisotopic (exact) mass is 329 g/mol. The molecular formula is C18H24FN5. The summed E-state index contributed by atoms with van der Waals surface area (Å²) >= 11 is 0. The molecule has 2 saturated heterocycles. The zero-order valence-corrected chi connectivity index (χ0v) is 14.1. The van der Waals surface area contributed by atoms with E-state index in [4.69, 9.17) is 5.26 Å². The van der Waals surface area contributed by atoms with Crippen molar-refractivity contribution in [2.24, 2.45) is 4.99 Å². The number of halogens is 1. The number of hydrogen-bond donors (Lipinski definition) is 1. The molecule has 128 valence electrons. The maximum absolute atomic E-state index is 14.0. The lowest BCUT2D eigenvalue weighted by molar-refractivity contribution is 0.249. The van der Waals surface area contributed by atoms with E-state index in [-0.39, 0.29) is 5.82 Å². The molecule has 1 aromatic carbocycles. The van der Waals surface area contributed by atoms with Crippen LogP contribution in [0.15, 0.2) is 23.2 Å². The molecule has 0 radical (unpaired) electrons. The van der Waals surface area contributed by atoms with E-state index in [1.807, 2.05) is 6.07 Å². The van der Waals surface area contributed by atoms with E-state index in [0.29, 0.717) is 23.7 Å². The summed E-state index contributed by atoms with van der Waals surface area (Å²) in [6.45, 7) is 4.75. The highest BCUT2D eigenvalue weighted by Crippen LogP contribution is 2.20. The SMILES string of the molecule is CN=C(NCc1ccc(C#N)cc1F)N1CCC(N2CCCC2)C1. The molecule has 24 heavy (non-hydrogen) atoms. The standard InChI is InChI=1S/C18H24FN5/c1-21-18(22-12-15-5-4-14(11-20)10-17(15)19)24-9-6-16(13-24)23-7-2-3-8-23/h4-5,10,16H,2-3,6-9,12-13H2,1H3,(H,21,22). The lowest BCUT2D eigenvalue weighted by Gasteiger charge is -2.25. The van der Waals surface area contributed by atoms with Gasteiger partial charge in [-0.05, 0) is 44.5 Å². The summed E-state index contributed by atoms with van der Waals surface area (Å²) in [6, 6.07) is 7.14. The third-order valence-electron chi connectivity index (χ3n) is 4.95. The highest BCUT2D eigenvalue weighted by atomic mass is 19.1. The Kier molecular flexibility index (Phi) is 5.31. The summed E-state index contributed by atoms with van der Waals surface area (Å²) in [5, 5.41) is 12.1. The first-order valence-corrected chi connectivity index (χ1v) is 8.59. The van der Waals surface area contributed by atoms with Crippen LogP contribution in [0.3, 0.4) is 0 Å². The number of rotatable bonds is 3. The second-order valence-corrected chi connectivity index (χ2v) is 6.45. The van der Waals surface area contributed by atoms with E-state index in [9.17, 15) is 4.39 Å². The maximum atomic E-state index is 14.0. The molecule has 0 aliphatic carbocycles. The van der Waals surface area contributed by atoms with Gasteiger partial charge in [-0.1, -0.05) is 6.07 Å². The van der Waals surface area contributed by atoms with Crippen molar-refractivity contribution in [3.8, 4) is 6.07 Å². The number of nitriles is 1. The van der Waals surface area contributed by atoms with Gasteiger partial charge in [0.2, 0.25) is 0 Å². The predicted molar refractivity (Wildman–Crippen MR) is 92.1 cm³/mol. The van der Waals surface area contributed by atoms with Crippen molar-refractivity contribution in [3.05, 3.63) is 35.1 Å². The van der Waals surface area contributed by atoms with Crippen molar-refractivity contribution < 1.29 is 4.39 Å². The van der Waals surface area contributed by atoms with Crippen LogP contribution in [0.4, 0.5) is 4.39 Å².